The van der Waals surface area contributed by atoms with Gasteiger partial charge in [-0.25, -0.2) is 0 Å². The topological polar surface area (TPSA) is 62.6 Å². The molecule has 1 aromatic carbocycles. The average Bonchev–Trinajstić information content (AvgIpc) is 3.49. The smallest absolute Gasteiger partial charge is 0.295 e. The molecule has 0 bridgehead atoms. The molecular weight excluding hydrogens is 384 g/mol. The van der Waals surface area contributed by atoms with E-state index in [2.05, 4.69) is 5.32 Å². The quantitative estimate of drug-likeness (QED) is 0.617. The van der Waals surface area contributed by atoms with Gasteiger partial charge in [0.15, 0.2) is 11.8 Å². The number of carbonyl (C=O) groups is 2. The summed E-state index contributed by atoms with van der Waals surface area (Å²) in [4.78, 5) is 29.4. The molecule has 1 fully saturated rings. The summed E-state index contributed by atoms with van der Waals surface area (Å²) in [6, 6.07) is 14.2. The predicted octanol–water partition coefficient (Wildman–Crippen LogP) is 5.10. The fraction of sp³-hybridized carbons (Fsp3) is 0.304. The lowest BCUT2D eigenvalue weighted by molar-refractivity contribution is -0.123. The van der Waals surface area contributed by atoms with E-state index in [9.17, 15) is 9.59 Å². The maximum absolute atomic E-state index is 13.5. The van der Waals surface area contributed by atoms with Crippen molar-refractivity contribution < 1.29 is 14.0 Å². The number of anilines is 1. The van der Waals surface area contributed by atoms with Crippen LogP contribution >= 0.6 is 11.3 Å². The van der Waals surface area contributed by atoms with Crippen molar-refractivity contribution in [3.05, 3.63) is 76.4 Å². The van der Waals surface area contributed by atoms with E-state index in [4.69, 9.17) is 4.42 Å². The number of amides is 2. The average molecular weight is 409 g/mol. The van der Waals surface area contributed by atoms with Crippen molar-refractivity contribution in [1.29, 1.82) is 0 Å². The molecule has 2 heterocycles. The highest BCUT2D eigenvalue weighted by Gasteiger charge is 2.36. The third-order valence-electron chi connectivity index (χ3n) is 5.35. The zero-order valence-electron chi connectivity index (χ0n) is 16.3. The van der Waals surface area contributed by atoms with Crippen molar-refractivity contribution in [3.63, 3.8) is 0 Å². The van der Waals surface area contributed by atoms with E-state index in [-0.39, 0.29) is 23.6 Å². The van der Waals surface area contributed by atoms with Gasteiger partial charge in [-0.3, -0.25) is 14.5 Å². The Bertz CT molecular complexity index is 960. The van der Waals surface area contributed by atoms with Gasteiger partial charge in [0.25, 0.3) is 5.91 Å². The zero-order chi connectivity index (χ0) is 20.2. The van der Waals surface area contributed by atoms with Crippen LogP contribution < -0.4 is 10.2 Å². The second kappa shape index (κ2) is 8.66. The van der Waals surface area contributed by atoms with Crippen LogP contribution in [0.25, 0.3) is 0 Å². The standard InChI is InChI=1S/C23H24N2O3S/c1-16-8-2-5-11-18(16)25(23(27)19-12-6-14-28-19)21(20-13-7-15-29-20)22(26)24-17-9-3-4-10-17/h2,5-8,11-15,17,21H,3-4,9-10H2,1H3,(H,24,26). The molecule has 0 aliphatic heterocycles. The van der Waals surface area contributed by atoms with E-state index < -0.39 is 6.04 Å². The number of carbonyl (C=O) groups excluding carboxylic acids is 2. The van der Waals surface area contributed by atoms with Crippen molar-refractivity contribution >= 4 is 28.8 Å². The van der Waals surface area contributed by atoms with Crippen LogP contribution in [-0.2, 0) is 4.79 Å². The molecule has 3 aromatic rings. The lowest BCUT2D eigenvalue weighted by atomic mass is 10.1. The zero-order valence-corrected chi connectivity index (χ0v) is 17.2. The van der Waals surface area contributed by atoms with Crippen LogP contribution in [0.3, 0.4) is 0 Å². The number of nitrogens with zero attached hydrogens (tertiary/aromatic N) is 1. The fourth-order valence-corrected chi connectivity index (χ4v) is 4.70. The summed E-state index contributed by atoms with van der Waals surface area (Å²) in [6.07, 6.45) is 5.70. The molecule has 0 saturated heterocycles. The summed E-state index contributed by atoms with van der Waals surface area (Å²) >= 11 is 1.48. The van der Waals surface area contributed by atoms with Gasteiger partial charge in [0.1, 0.15) is 0 Å². The summed E-state index contributed by atoms with van der Waals surface area (Å²) in [5.74, 6) is -0.268. The highest BCUT2D eigenvalue weighted by Crippen LogP contribution is 2.34. The summed E-state index contributed by atoms with van der Waals surface area (Å²) in [7, 11) is 0. The Morgan fingerprint density at radius 2 is 1.90 bits per heavy atom. The minimum absolute atomic E-state index is 0.150. The van der Waals surface area contributed by atoms with E-state index in [1.165, 1.54) is 17.6 Å². The van der Waals surface area contributed by atoms with Crippen molar-refractivity contribution in [2.45, 2.75) is 44.7 Å². The third-order valence-corrected chi connectivity index (χ3v) is 6.27. The van der Waals surface area contributed by atoms with Crippen LogP contribution in [0.5, 0.6) is 0 Å². The first kappa shape index (κ1) is 19.5. The molecule has 2 amide bonds. The van der Waals surface area contributed by atoms with E-state index in [1.807, 2.05) is 48.7 Å². The first-order valence-corrected chi connectivity index (χ1v) is 10.8. The number of para-hydroxylation sites is 1. The van der Waals surface area contributed by atoms with E-state index in [0.717, 1.165) is 36.1 Å². The number of benzene rings is 1. The van der Waals surface area contributed by atoms with Crippen molar-refractivity contribution in [2.24, 2.45) is 0 Å². The van der Waals surface area contributed by atoms with Crippen LogP contribution in [-0.4, -0.2) is 17.9 Å². The van der Waals surface area contributed by atoms with Crippen LogP contribution in [0.4, 0.5) is 5.69 Å². The highest BCUT2D eigenvalue weighted by atomic mass is 32.1. The molecule has 5 nitrogen and oxygen atoms in total. The van der Waals surface area contributed by atoms with Crippen LogP contribution in [0.15, 0.2) is 64.6 Å². The van der Waals surface area contributed by atoms with Crippen LogP contribution in [0, 0.1) is 6.92 Å². The van der Waals surface area contributed by atoms with Gasteiger partial charge >= 0.3 is 0 Å². The molecule has 1 aliphatic carbocycles. The summed E-state index contributed by atoms with van der Waals surface area (Å²) < 4.78 is 5.40. The van der Waals surface area contributed by atoms with Crippen molar-refractivity contribution in [2.75, 3.05) is 4.90 Å². The van der Waals surface area contributed by atoms with E-state index in [1.54, 1.807) is 17.0 Å². The lowest BCUT2D eigenvalue weighted by Crippen LogP contribution is -2.46. The number of thiophene rings is 1. The molecule has 4 rings (SSSR count). The van der Waals surface area contributed by atoms with Gasteiger partial charge in [-0.05, 0) is 55.0 Å². The van der Waals surface area contributed by atoms with Gasteiger partial charge in [-0.2, -0.15) is 0 Å². The fourth-order valence-electron chi connectivity index (χ4n) is 3.89. The van der Waals surface area contributed by atoms with Gasteiger partial charge in [0.05, 0.1) is 6.26 Å². The maximum atomic E-state index is 13.5. The Balaban J connectivity index is 1.78. The maximum Gasteiger partial charge on any atom is 0.295 e. The van der Waals surface area contributed by atoms with Gasteiger partial charge < -0.3 is 9.73 Å². The molecule has 1 saturated carbocycles. The van der Waals surface area contributed by atoms with Crippen molar-refractivity contribution in [3.8, 4) is 0 Å². The van der Waals surface area contributed by atoms with E-state index >= 15 is 0 Å². The van der Waals surface area contributed by atoms with Crippen LogP contribution in [0.1, 0.15) is 52.7 Å². The highest BCUT2D eigenvalue weighted by molar-refractivity contribution is 7.10. The third kappa shape index (κ3) is 4.12. The summed E-state index contributed by atoms with van der Waals surface area (Å²) in [5.41, 5.74) is 1.62. The molecule has 0 radical (unpaired) electrons. The first-order valence-electron chi connectivity index (χ1n) is 9.91. The molecule has 29 heavy (non-hydrogen) atoms. The summed E-state index contributed by atoms with van der Waals surface area (Å²) in [5, 5.41) is 5.11. The number of rotatable bonds is 6. The minimum Gasteiger partial charge on any atom is -0.459 e. The first-order chi connectivity index (χ1) is 14.1. The second-order valence-corrected chi connectivity index (χ2v) is 8.33. The molecule has 150 valence electrons. The number of furan rings is 1. The molecule has 6 heteroatoms. The number of hydrogen-bond acceptors (Lipinski definition) is 4. The van der Waals surface area contributed by atoms with Gasteiger partial charge in [0.2, 0.25) is 5.91 Å². The normalized spacial score (nSPS) is 15.2. The Kier molecular flexibility index (Phi) is 5.81. The molecule has 2 aromatic heterocycles. The molecule has 0 spiro atoms. The Labute approximate surface area is 174 Å². The minimum atomic E-state index is -0.755. The Morgan fingerprint density at radius 1 is 1.10 bits per heavy atom. The van der Waals surface area contributed by atoms with Gasteiger partial charge in [0, 0.05) is 16.6 Å². The number of hydrogen-bond donors (Lipinski definition) is 1. The Morgan fingerprint density at radius 3 is 2.55 bits per heavy atom. The monoisotopic (exact) mass is 408 g/mol. The van der Waals surface area contributed by atoms with Gasteiger partial charge in [-0.15, -0.1) is 11.3 Å². The predicted molar refractivity (Wildman–Crippen MR) is 114 cm³/mol. The molecular formula is C23H24N2O3S. The number of aryl methyl sites for hydroxylation is 1. The lowest BCUT2D eigenvalue weighted by Gasteiger charge is -2.31. The number of nitrogens with one attached hydrogen (secondary N) is 1. The van der Waals surface area contributed by atoms with Crippen LogP contribution in [0.2, 0.25) is 0 Å². The van der Waals surface area contributed by atoms with Crippen molar-refractivity contribution in [1.82, 2.24) is 5.32 Å². The molecule has 1 N–H and O–H groups in total. The van der Waals surface area contributed by atoms with Gasteiger partial charge in [-0.1, -0.05) is 37.1 Å². The largest absolute Gasteiger partial charge is 0.459 e. The molecule has 1 aliphatic rings. The molecule has 1 unspecified atom stereocenters. The van der Waals surface area contributed by atoms with E-state index in [0.29, 0.717) is 5.69 Å². The Hall–Kier alpha value is -2.86. The SMILES string of the molecule is Cc1ccccc1N(C(=O)c1ccco1)C(C(=O)NC1CCCC1)c1cccs1. The second-order valence-electron chi connectivity index (χ2n) is 7.35. The summed E-state index contributed by atoms with van der Waals surface area (Å²) in [6.45, 7) is 1.94. The molecule has 1 atom stereocenters.